The highest BCUT2D eigenvalue weighted by Gasteiger charge is 2.28. The van der Waals surface area contributed by atoms with Crippen molar-refractivity contribution in [3.8, 4) is 0 Å². The summed E-state index contributed by atoms with van der Waals surface area (Å²) in [6.45, 7) is 0. The zero-order valence-electron chi connectivity index (χ0n) is 16.5. The summed E-state index contributed by atoms with van der Waals surface area (Å²) in [4.78, 5) is 24.8. The standard InChI is InChI=1S/C26H18N4O/c31-26-24-15-22-11-9-20(29-22)13-18-7-6-17(27-18)12-19-8-10-21(28-19)14-23(30-24)25(26)16-4-2-1-3-5-16/h1-15,27,29-30H. The lowest BCUT2D eigenvalue weighted by molar-refractivity contribution is -0.110. The van der Waals surface area contributed by atoms with Gasteiger partial charge in [0, 0.05) is 22.1 Å². The number of allylic oxidation sites excluding steroid dienone is 4. The number of aromatic nitrogens is 2. The molecule has 0 fully saturated rings. The van der Waals surface area contributed by atoms with Gasteiger partial charge in [0.2, 0.25) is 5.78 Å². The highest BCUT2D eigenvalue weighted by molar-refractivity contribution is 6.33. The molecule has 6 rings (SSSR count). The lowest BCUT2D eigenvalue weighted by Gasteiger charge is -2.02. The van der Waals surface area contributed by atoms with E-state index in [4.69, 9.17) is 4.99 Å². The molecule has 0 aliphatic carbocycles. The van der Waals surface area contributed by atoms with E-state index >= 15 is 0 Å². The van der Waals surface area contributed by atoms with Crippen LogP contribution in [-0.4, -0.2) is 21.5 Å². The molecule has 0 spiro atoms. The number of fused-ring (bicyclic) bond motifs is 7. The largest absolute Gasteiger partial charge is 0.355 e. The molecular weight excluding hydrogens is 384 g/mol. The zero-order chi connectivity index (χ0) is 20.8. The average molecular weight is 402 g/mol. The monoisotopic (exact) mass is 402 g/mol. The number of H-pyrrole nitrogens is 2. The topological polar surface area (TPSA) is 73.0 Å². The smallest absolute Gasteiger partial charge is 0.211 e. The maximum absolute atomic E-state index is 13.3. The van der Waals surface area contributed by atoms with Crippen molar-refractivity contribution in [2.45, 2.75) is 0 Å². The Morgan fingerprint density at radius 2 is 1.48 bits per heavy atom. The normalized spacial score (nSPS) is 16.9. The van der Waals surface area contributed by atoms with Gasteiger partial charge in [-0.2, -0.15) is 0 Å². The van der Waals surface area contributed by atoms with Crippen molar-refractivity contribution >= 4 is 35.3 Å². The number of carbonyl (C=O) groups is 1. The predicted molar refractivity (Wildman–Crippen MR) is 123 cm³/mol. The Morgan fingerprint density at radius 3 is 2.32 bits per heavy atom. The highest BCUT2D eigenvalue weighted by atomic mass is 16.1. The second kappa shape index (κ2) is 6.85. The summed E-state index contributed by atoms with van der Waals surface area (Å²) in [5, 5.41) is 5.29. The number of Topliss-reactive ketones (excluding diaryl/α,β-unsaturated/α-hetero) is 1. The van der Waals surface area contributed by atoms with E-state index in [1.54, 1.807) is 0 Å². The summed E-state index contributed by atoms with van der Waals surface area (Å²) < 4.78 is 0. The lowest BCUT2D eigenvalue weighted by Crippen LogP contribution is -2.11. The van der Waals surface area contributed by atoms with Crippen LogP contribution in [-0.2, 0) is 4.79 Å². The first-order valence-electron chi connectivity index (χ1n) is 10.1. The van der Waals surface area contributed by atoms with Crippen LogP contribution in [0.3, 0.4) is 0 Å². The fourth-order valence-electron chi connectivity index (χ4n) is 4.00. The molecule has 1 aromatic carbocycles. The van der Waals surface area contributed by atoms with Gasteiger partial charge in [0.05, 0.1) is 28.4 Å². The van der Waals surface area contributed by atoms with E-state index in [0.29, 0.717) is 11.3 Å². The third-order valence-corrected chi connectivity index (χ3v) is 5.42. The number of rotatable bonds is 1. The van der Waals surface area contributed by atoms with E-state index in [-0.39, 0.29) is 5.78 Å². The number of nitrogens with zero attached hydrogens (tertiary/aromatic N) is 1. The van der Waals surface area contributed by atoms with Crippen molar-refractivity contribution in [2.75, 3.05) is 0 Å². The number of hydrogen-bond acceptors (Lipinski definition) is 3. The lowest BCUT2D eigenvalue weighted by atomic mass is 10.0. The van der Waals surface area contributed by atoms with Gasteiger partial charge in [0.1, 0.15) is 0 Å². The van der Waals surface area contributed by atoms with E-state index in [1.807, 2.05) is 91.1 Å². The number of hydrogen-bond donors (Lipinski definition) is 3. The zero-order valence-corrected chi connectivity index (χ0v) is 16.5. The Bertz CT molecular complexity index is 1500. The Kier molecular flexibility index (Phi) is 3.86. The summed E-state index contributed by atoms with van der Waals surface area (Å²) in [6, 6.07) is 17.8. The minimum Gasteiger partial charge on any atom is -0.355 e. The van der Waals surface area contributed by atoms with Crippen LogP contribution in [0.5, 0.6) is 0 Å². The van der Waals surface area contributed by atoms with Crippen molar-refractivity contribution in [1.82, 2.24) is 15.3 Å². The van der Waals surface area contributed by atoms with Gasteiger partial charge in [-0.1, -0.05) is 30.3 Å². The van der Waals surface area contributed by atoms with Gasteiger partial charge in [-0.3, -0.25) is 4.79 Å². The van der Waals surface area contributed by atoms with Gasteiger partial charge in [-0.05, 0) is 66.3 Å². The molecule has 148 valence electrons. The van der Waals surface area contributed by atoms with Crippen LogP contribution in [0.1, 0.15) is 17.0 Å². The minimum atomic E-state index is -0.0335. The number of aliphatic imine (C=N–C) groups is 1. The molecule has 3 aliphatic rings. The molecular formula is C26H18N4O. The molecule has 0 amide bonds. The quantitative estimate of drug-likeness (QED) is 0.586. The van der Waals surface area contributed by atoms with Crippen LogP contribution in [0.4, 0.5) is 0 Å². The predicted octanol–water partition coefficient (Wildman–Crippen LogP) is 2.78. The molecule has 3 N–H and O–H groups in total. The molecule has 2 aromatic heterocycles. The molecule has 3 aliphatic heterocycles. The summed E-state index contributed by atoms with van der Waals surface area (Å²) in [5.74, 6) is -0.0335. The summed E-state index contributed by atoms with van der Waals surface area (Å²) >= 11 is 0. The van der Waals surface area contributed by atoms with Gasteiger partial charge in [0.25, 0.3) is 0 Å². The van der Waals surface area contributed by atoms with E-state index in [2.05, 4.69) is 15.3 Å². The molecule has 0 saturated heterocycles. The van der Waals surface area contributed by atoms with Crippen LogP contribution in [0.25, 0.3) is 23.8 Å². The molecule has 3 aromatic rings. The molecule has 0 radical (unpaired) electrons. The maximum atomic E-state index is 13.3. The van der Waals surface area contributed by atoms with Crippen molar-refractivity contribution in [2.24, 2.45) is 4.99 Å². The number of aromatic amines is 2. The maximum Gasteiger partial charge on any atom is 0.211 e. The van der Waals surface area contributed by atoms with Crippen LogP contribution < -0.4 is 16.0 Å². The van der Waals surface area contributed by atoms with Gasteiger partial charge in [-0.25, -0.2) is 4.99 Å². The third kappa shape index (κ3) is 3.22. The molecule has 0 atom stereocenters. The van der Waals surface area contributed by atoms with Crippen LogP contribution in [0, 0.1) is 0 Å². The van der Waals surface area contributed by atoms with E-state index in [1.165, 1.54) is 0 Å². The van der Waals surface area contributed by atoms with Gasteiger partial charge < -0.3 is 15.3 Å². The van der Waals surface area contributed by atoms with E-state index < -0.39 is 0 Å². The van der Waals surface area contributed by atoms with Gasteiger partial charge in [-0.15, -0.1) is 0 Å². The van der Waals surface area contributed by atoms with E-state index in [9.17, 15) is 4.79 Å². The average Bonchev–Trinajstić information content (AvgIpc) is 3.55. The highest BCUT2D eigenvalue weighted by Crippen LogP contribution is 2.30. The Balaban J connectivity index is 1.57. The Morgan fingerprint density at radius 1 is 0.710 bits per heavy atom. The van der Waals surface area contributed by atoms with Crippen molar-refractivity contribution in [3.63, 3.8) is 0 Å². The van der Waals surface area contributed by atoms with Gasteiger partial charge in [0.15, 0.2) is 0 Å². The van der Waals surface area contributed by atoms with Crippen LogP contribution in [0.2, 0.25) is 0 Å². The third-order valence-electron chi connectivity index (χ3n) is 5.42. The Labute approximate surface area is 178 Å². The molecule has 5 heteroatoms. The summed E-state index contributed by atoms with van der Waals surface area (Å²) in [6.07, 6.45) is 11.8. The molecule has 5 nitrogen and oxygen atoms in total. The van der Waals surface area contributed by atoms with Crippen molar-refractivity contribution < 1.29 is 4.79 Å². The van der Waals surface area contributed by atoms with Crippen LogP contribution >= 0.6 is 0 Å². The number of nitrogens with one attached hydrogen (secondary N) is 3. The van der Waals surface area contributed by atoms with Gasteiger partial charge >= 0.3 is 0 Å². The first kappa shape index (κ1) is 17.5. The SMILES string of the molecule is O=C1C2=Cc3ccc([nH]3)C=c3ccc([nH]3)=CC3=NC(=CC(=C1c1ccccc1)N2)C=C3. The number of benzene rings is 1. The number of ketones is 1. The van der Waals surface area contributed by atoms with Crippen molar-refractivity contribution in [1.29, 1.82) is 0 Å². The summed E-state index contributed by atoms with van der Waals surface area (Å²) in [5.41, 5.74) is 6.27. The summed E-state index contributed by atoms with van der Waals surface area (Å²) in [7, 11) is 0. The molecule has 0 saturated carbocycles. The fraction of sp³-hybridized carbons (Fsp3) is 0. The van der Waals surface area contributed by atoms with Crippen LogP contribution in [0.15, 0.2) is 94.9 Å². The molecule has 8 bridgehead atoms. The molecule has 31 heavy (non-hydrogen) atoms. The number of carbonyl (C=O) groups excluding carboxylic acids is 1. The molecule has 0 unspecified atom stereocenters. The van der Waals surface area contributed by atoms with Crippen molar-refractivity contribution in [3.05, 3.63) is 118 Å². The Hall–Kier alpha value is -4.38. The second-order valence-corrected chi connectivity index (χ2v) is 7.63. The second-order valence-electron chi connectivity index (χ2n) is 7.63. The first-order valence-corrected chi connectivity index (χ1v) is 10.1. The fourth-order valence-corrected chi connectivity index (χ4v) is 4.00. The molecule has 5 heterocycles. The van der Waals surface area contributed by atoms with E-state index in [0.717, 1.165) is 44.8 Å². The minimum absolute atomic E-state index is 0.0335. The first-order chi connectivity index (χ1) is 15.2.